The van der Waals surface area contributed by atoms with Crippen LogP contribution in [-0.2, 0) is 4.79 Å². The molecule has 2 aliphatic heterocycles. The van der Waals surface area contributed by atoms with Crippen molar-refractivity contribution in [3.63, 3.8) is 0 Å². The van der Waals surface area contributed by atoms with Crippen LogP contribution in [0.5, 0.6) is 0 Å². The van der Waals surface area contributed by atoms with E-state index in [0.29, 0.717) is 12.5 Å². The van der Waals surface area contributed by atoms with Crippen LogP contribution >= 0.6 is 0 Å². The molecule has 134 valence electrons. The van der Waals surface area contributed by atoms with Crippen LogP contribution in [0.25, 0.3) is 0 Å². The van der Waals surface area contributed by atoms with Gasteiger partial charge in [0.1, 0.15) is 18.4 Å². The molecule has 7 nitrogen and oxygen atoms in total. The maximum atomic E-state index is 12.4. The topological polar surface area (TPSA) is 106 Å². The fraction of sp³-hybridized carbons (Fsp3) is 0.765. The summed E-state index contributed by atoms with van der Waals surface area (Å²) in [5.74, 6) is 0.444. The van der Waals surface area contributed by atoms with E-state index in [9.17, 15) is 15.0 Å². The molecular weight excluding hydrogens is 308 g/mol. The summed E-state index contributed by atoms with van der Waals surface area (Å²) in [6.07, 6.45) is 9.67. The van der Waals surface area contributed by atoms with E-state index in [-0.39, 0.29) is 18.1 Å². The highest BCUT2D eigenvalue weighted by Gasteiger charge is 2.41. The van der Waals surface area contributed by atoms with Gasteiger partial charge in [-0.2, -0.15) is 0 Å². The first-order chi connectivity index (χ1) is 11.6. The van der Waals surface area contributed by atoms with Crippen LogP contribution in [-0.4, -0.2) is 59.5 Å². The molecule has 5 N–H and O–H groups in total. The standard InChI is InChI=1S/C17H28N4O3/c22-14-13(16(23)19-10-8-11-5-1-2-6-11)20-15(21-17(14)24)12-7-3-4-9-18-12/h3-4,9,11-15,17,20-22,24H,1-2,5-8,10H2,(H,19,23). The Hall–Kier alpha value is -1.28. The first-order valence-electron chi connectivity index (χ1n) is 8.99. The molecule has 2 fully saturated rings. The van der Waals surface area contributed by atoms with Crippen molar-refractivity contribution in [2.75, 3.05) is 6.54 Å². The van der Waals surface area contributed by atoms with Crippen LogP contribution in [0.2, 0.25) is 0 Å². The van der Waals surface area contributed by atoms with Gasteiger partial charge in [-0.3, -0.25) is 20.4 Å². The largest absolute Gasteiger partial charge is 0.387 e. The second-order valence-electron chi connectivity index (χ2n) is 6.98. The number of aliphatic hydroxyl groups is 2. The molecule has 1 aliphatic carbocycles. The molecule has 1 saturated carbocycles. The molecule has 0 aromatic heterocycles. The van der Waals surface area contributed by atoms with Gasteiger partial charge in [0.15, 0.2) is 0 Å². The van der Waals surface area contributed by atoms with Crippen molar-refractivity contribution in [3.8, 4) is 0 Å². The number of amides is 1. The van der Waals surface area contributed by atoms with Gasteiger partial charge in [-0.25, -0.2) is 0 Å². The Morgan fingerprint density at radius 2 is 2.04 bits per heavy atom. The molecule has 0 aromatic rings. The summed E-state index contributed by atoms with van der Waals surface area (Å²) in [7, 11) is 0. The van der Waals surface area contributed by atoms with E-state index in [4.69, 9.17) is 0 Å². The Balaban J connectivity index is 1.52. The van der Waals surface area contributed by atoms with E-state index in [1.54, 1.807) is 6.21 Å². The van der Waals surface area contributed by atoms with Gasteiger partial charge in [0, 0.05) is 12.8 Å². The molecule has 3 aliphatic rings. The van der Waals surface area contributed by atoms with E-state index in [0.717, 1.165) is 12.8 Å². The minimum Gasteiger partial charge on any atom is -0.387 e. The predicted molar refractivity (Wildman–Crippen MR) is 91.5 cm³/mol. The Morgan fingerprint density at radius 1 is 1.25 bits per heavy atom. The summed E-state index contributed by atoms with van der Waals surface area (Å²) < 4.78 is 0. The zero-order valence-corrected chi connectivity index (χ0v) is 13.9. The van der Waals surface area contributed by atoms with Crippen molar-refractivity contribution in [2.24, 2.45) is 10.9 Å². The molecule has 2 heterocycles. The van der Waals surface area contributed by atoms with Gasteiger partial charge in [0.05, 0.1) is 12.2 Å². The number of allylic oxidation sites excluding steroid dienone is 1. The highest BCUT2D eigenvalue weighted by Crippen LogP contribution is 2.26. The Morgan fingerprint density at radius 3 is 2.75 bits per heavy atom. The highest BCUT2D eigenvalue weighted by molar-refractivity contribution is 5.82. The van der Waals surface area contributed by atoms with Crippen molar-refractivity contribution in [2.45, 2.75) is 69.1 Å². The summed E-state index contributed by atoms with van der Waals surface area (Å²) >= 11 is 0. The zero-order chi connectivity index (χ0) is 16.9. The third kappa shape index (κ3) is 4.22. The van der Waals surface area contributed by atoms with E-state index >= 15 is 0 Å². The van der Waals surface area contributed by atoms with E-state index in [1.807, 2.05) is 12.2 Å². The lowest BCUT2D eigenvalue weighted by molar-refractivity contribution is -0.134. The molecule has 7 heteroatoms. The van der Waals surface area contributed by atoms with Crippen molar-refractivity contribution in [3.05, 3.63) is 12.2 Å². The second-order valence-corrected chi connectivity index (χ2v) is 6.98. The number of hydrogen-bond donors (Lipinski definition) is 5. The summed E-state index contributed by atoms with van der Waals surface area (Å²) in [6.45, 7) is 0.618. The normalized spacial score (nSPS) is 36.8. The van der Waals surface area contributed by atoms with E-state index in [1.165, 1.54) is 25.7 Å². The molecule has 24 heavy (non-hydrogen) atoms. The number of dihydropyridines is 1. The average molecular weight is 336 g/mol. The van der Waals surface area contributed by atoms with Crippen LogP contribution in [0, 0.1) is 5.92 Å². The number of rotatable bonds is 5. The van der Waals surface area contributed by atoms with Crippen LogP contribution in [0.3, 0.4) is 0 Å². The van der Waals surface area contributed by atoms with E-state index < -0.39 is 18.4 Å². The third-order valence-corrected chi connectivity index (χ3v) is 5.25. The summed E-state index contributed by atoms with van der Waals surface area (Å²) in [5, 5.41) is 29.1. The van der Waals surface area contributed by atoms with Crippen LogP contribution < -0.4 is 16.0 Å². The van der Waals surface area contributed by atoms with Crippen molar-refractivity contribution < 1.29 is 15.0 Å². The third-order valence-electron chi connectivity index (χ3n) is 5.25. The monoisotopic (exact) mass is 336 g/mol. The Kier molecular flexibility index (Phi) is 5.99. The van der Waals surface area contributed by atoms with Gasteiger partial charge in [-0.05, 0) is 24.8 Å². The number of carbonyl (C=O) groups is 1. The Labute approximate surface area is 142 Å². The summed E-state index contributed by atoms with van der Waals surface area (Å²) in [4.78, 5) is 16.8. The predicted octanol–water partition coefficient (Wildman–Crippen LogP) is -0.351. The van der Waals surface area contributed by atoms with E-state index in [2.05, 4.69) is 20.9 Å². The smallest absolute Gasteiger partial charge is 0.240 e. The average Bonchev–Trinajstić information content (AvgIpc) is 3.11. The fourth-order valence-corrected chi connectivity index (χ4v) is 3.79. The van der Waals surface area contributed by atoms with Gasteiger partial charge >= 0.3 is 0 Å². The molecule has 3 rings (SSSR count). The molecular formula is C17H28N4O3. The first-order valence-corrected chi connectivity index (χ1v) is 8.99. The maximum Gasteiger partial charge on any atom is 0.240 e. The molecule has 5 atom stereocenters. The lowest BCUT2D eigenvalue weighted by atomic mass is 10.00. The number of nitrogens with one attached hydrogen (secondary N) is 3. The second kappa shape index (κ2) is 8.20. The number of nitrogens with zero attached hydrogens (tertiary/aromatic N) is 1. The van der Waals surface area contributed by atoms with Crippen LogP contribution in [0.4, 0.5) is 0 Å². The quantitative estimate of drug-likeness (QED) is 0.472. The lowest BCUT2D eigenvalue weighted by Gasteiger charge is -2.40. The molecule has 0 spiro atoms. The number of aliphatic imine (C=N–C) groups is 1. The number of carbonyl (C=O) groups excluding carboxylic acids is 1. The summed E-state index contributed by atoms with van der Waals surface area (Å²) in [6, 6.07) is -0.943. The van der Waals surface area contributed by atoms with Gasteiger partial charge in [0.25, 0.3) is 0 Å². The lowest BCUT2D eigenvalue weighted by Crippen LogP contribution is -2.71. The molecule has 5 unspecified atom stereocenters. The van der Waals surface area contributed by atoms with Gasteiger partial charge in [-0.1, -0.05) is 31.8 Å². The van der Waals surface area contributed by atoms with Crippen molar-refractivity contribution in [1.82, 2.24) is 16.0 Å². The maximum absolute atomic E-state index is 12.4. The first kappa shape index (κ1) is 17.5. The zero-order valence-electron chi connectivity index (χ0n) is 13.9. The SMILES string of the molecule is O=C(NCCC1CCCC1)C1NC(C2CC=CC=N2)NC(O)C1O. The van der Waals surface area contributed by atoms with Gasteiger partial charge < -0.3 is 15.5 Å². The molecule has 0 aromatic carbocycles. The Bertz CT molecular complexity index is 490. The fourth-order valence-electron chi connectivity index (χ4n) is 3.79. The number of hydrogen-bond acceptors (Lipinski definition) is 6. The summed E-state index contributed by atoms with van der Waals surface area (Å²) in [5.41, 5.74) is 0. The van der Waals surface area contributed by atoms with Gasteiger partial charge in [-0.15, -0.1) is 0 Å². The van der Waals surface area contributed by atoms with Crippen molar-refractivity contribution >= 4 is 12.1 Å². The van der Waals surface area contributed by atoms with Crippen LogP contribution in [0.1, 0.15) is 38.5 Å². The molecule has 0 radical (unpaired) electrons. The molecule has 1 saturated heterocycles. The minimum absolute atomic E-state index is 0.106. The number of aliphatic hydroxyl groups excluding tert-OH is 2. The minimum atomic E-state index is -1.18. The van der Waals surface area contributed by atoms with Gasteiger partial charge in [0.2, 0.25) is 5.91 Å². The van der Waals surface area contributed by atoms with Crippen molar-refractivity contribution in [1.29, 1.82) is 0 Å². The highest BCUT2D eigenvalue weighted by atomic mass is 16.3. The van der Waals surface area contributed by atoms with Crippen LogP contribution in [0.15, 0.2) is 17.1 Å². The molecule has 1 amide bonds. The molecule has 0 bridgehead atoms.